The molecule has 6 heteroatoms. The zero-order chi connectivity index (χ0) is 15.7. The number of carbonyl (C=O) groups is 1. The van der Waals surface area contributed by atoms with Crippen LogP contribution in [0.15, 0.2) is 35.7 Å². The molecule has 2 N–H and O–H groups in total. The lowest BCUT2D eigenvalue weighted by atomic mass is 10.2. The minimum atomic E-state index is -0.273. The van der Waals surface area contributed by atoms with Gasteiger partial charge in [0.15, 0.2) is 0 Å². The number of aromatic nitrogens is 1. The van der Waals surface area contributed by atoms with Gasteiger partial charge in [-0.3, -0.25) is 5.32 Å². The van der Waals surface area contributed by atoms with Gasteiger partial charge in [-0.05, 0) is 49.1 Å². The summed E-state index contributed by atoms with van der Waals surface area (Å²) in [5.41, 5.74) is 2.70. The standard InChI is InChI=1S/C16H16ClN3OS/c1-3-20-13-7-8-22-14(13)9-15(20)19-16(21)18-12-6-4-5-11(17)10(12)2/h4-9H,3H2,1-2H3,(H2,18,19,21). The molecule has 0 radical (unpaired) electrons. The highest BCUT2D eigenvalue weighted by Crippen LogP contribution is 2.28. The van der Waals surface area contributed by atoms with Gasteiger partial charge in [0.2, 0.25) is 0 Å². The number of rotatable bonds is 3. The van der Waals surface area contributed by atoms with E-state index in [-0.39, 0.29) is 6.03 Å². The van der Waals surface area contributed by atoms with Crippen molar-refractivity contribution in [3.8, 4) is 0 Å². The first-order valence-corrected chi connectivity index (χ1v) is 8.25. The molecule has 0 saturated heterocycles. The summed E-state index contributed by atoms with van der Waals surface area (Å²) in [5, 5.41) is 8.44. The normalized spacial score (nSPS) is 10.9. The summed E-state index contributed by atoms with van der Waals surface area (Å²) in [6, 6.07) is 9.23. The van der Waals surface area contributed by atoms with Crippen LogP contribution in [0.4, 0.5) is 16.3 Å². The molecule has 22 heavy (non-hydrogen) atoms. The minimum Gasteiger partial charge on any atom is -0.327 e. The monoisotopic (exact) mass is 333 g/mol. The number of halogens is 1. The van der Waals surface area contributed by atoms with Crippen LogP contribution in [0.25, 0.3) is 10.2 Å². The topological polar surface area (TPSA) is 46.1 Å². The van der Waals surface area contributed by atoms with Crippen LogP contribution in [0, 0.1) is 6.92 Å². The summed E-state index contributed by atoms with van der Waals surface area (Å²) in [5.74, 6) is 0.793. The van der Waals surface area contributed by atoms with E-state index in [1.54, 1.807) is 17.4 Å². The summed E-state index contributed by atoms with van der Waals surface area (Å²) in [7, 11) is 0. The molecule has 0 aliphatic carbocycles. The molecule has 3 aromatic rings. The Hall–Kier alpha value is -1.98. The second-order valence-corrected chi connectivity index (χ2v) is 6.29. The molecule has 0 aliphatic heterocycles. The average molecular weight is 334 g/mol. The van der Waals surface area contributed by atoms with Gasteiger partial charge in [0, 0.05) is 17.3 Å². The Balaban J connectivity index is 1.81. The lowest BCUT2D eigenvalue weighted by molar-refractivity contribution is 0.262. The molecule has 0 spiro atoms. The predicted molar refractivity (Wildman–Crippen MR) is 94.3 cm³/mol. The summed E-state index contributed by atoms with van der Waals surface area (Å²) in [6.45, 7) is 4.73. The number of hydrogen-bond donors (Lipinski definition) is 2. The highest BCUT2D eigenvalue weighted by Gasteiger charge is 2.12. The molecule has 2 amide bonds. The van der Waals surface area contributed by atoms with Crippen LogP contribution in [0.1, 0.15) is 12.5 Å². The van der Waals surface area contributed by atoms with Crippen molar-refractivity contribution in [1.82, 2.24) is 4.57 Å². The number of amides is 2. The van der Waals surface area contributed by atoms with Crippen molar-refractivity contribution < 1.29 is 4.79 Å². The molecule has 0 unspecified atom stereocenters. The molecule has 0 saturated carbocycles. The zero-order valence-corrected chi connectivity index (χ0v) is 13.9. The Morgan fingerprint density at radius 1 is 1.32 bits per heavy atom. The number of nitrogens with zero attached hydrogens (tertiary/aromatic N) is 1. The van der Waals surface area contributed by atoms with E-state index in [4.69, 9.17) is 11.6 Å². The molecular formula is C16H16ClN3OS. The van der Waals surface area contributed by atoms with Gasteiger partial charge in [-0.15, -0.1) is 11.3 Å². The molecule has 2 heterocycles. The Labute approximate surface area is 137 Å². The van der Waals surface area contributed by atoms with Crippen molar-refractivity contribution in [2.24, 2.45) is 0 Å². The summed E-state index contributed by atoms with van der Waals surface area (Å²) in [6.07, 6.45) is 0. The van der Waals surface area contributed by atoms with E-state index in [9.17, 15) is 4.79 Å². The fourth-order valence-electron chi connectivity index (χ4n) is 2.43. The van der Waals surface area contributed by atoms with Gasteiger partial charge in [0.1, 0.15) is 5.82 Å². The van der Waals surface area contributed by atoms with Crippen LogP contribution in [0.2, 0.25) is 5.02 Å². The number of fused-ring (bicyclic) bond motifs is 1. The average Bonchev–Trinajstić information content (AvgIpc) is 3.04. The second-order valence-electron chi connectivity index (χ2n) is 4.94. The largest absolute Gasteiger partial charge is 0.327 e. The van der Waals surface area contributed by atoms with Crippen molar-refractivity contribution in [3.05, 3.63) is 46.3 Å². The molecular weight excluding hydrogens is 318 g/mol. The lowest BCUT2D eigenvalue weighted by Gasteiger charge is -2.12. The van der Waals surface area contributed by atoms with E-state index >= 15 is 0 Å². The lowest BCUT2D eigenvalue weighted by Crippen LogP contribution is -2.21. The van der Waals surface area contributed by atoms with E-state index in [1.165, 1.54) is 0 Å². The predicted octanol–water partition coefficient (Wildman–Crippen LogP) is 5.33. The first kappa shape index (κ1) is 14.9. The highest BCUT2D eigenvalue weighted by atomic mass is 35.5. The Bertz CT molecular complexity index is 837. The van der Waals surface area contributed by atoms with Gasteiger partial charge < -0.3 is 9.88 Å². The van der Waals surface area contributed by atoms with Gasteiger partial charge in [0.25, 0.3) is 0 Å². The summed E-state index contributed by atoms with van der Waals surface area (Å²) in [4.78, 5) is 12.2. The number of carbonyl (C=O) groups excluding carboxylic acids is 1. The number of thiophene rings is 1. The summed E-state index contributed by atoms with van der Waals surface area (Å²) >= 11 is 7.73. The summed E-state index contributed by atoms with van der Waals surface area (Å²) < 4.78 is 3.24. The van der Waals surface area contributed by atoms with Gasteiger partial charge in [0.05, 0.1) is 10.2 Å². The van der Waals surface area contributed by atoms with E-state index in [0.717, 1.165) is 28.1 Å². The maximum atomic E-state index is 12.2. The fraction of sp³-hybridized carbons (Fsp3) is 0.188. The van der Waals surface area contributed by atoms with Gasteiger partial charge in [-0.25, -0.2) is 4.79 Å². The first-order chi connectivity index (χ1) is 10.6. The van der Waals surface area contributed by atoms with E-state index in [2.05, 4.69) is 33.6 Å². The van der Waals surface area contributed by atoms with Crippen LogP contribution < -0.4 is 10.6 Å². The smallest absolute Gasteiger partial charge is 0.324 e. The Kier molecular flexibility index (Phi) is 4.09. The SMILES string of the molecule is CCn1c(NC(=O)Nc2cccc(Cl)c2C)cc2sccc21. The third kappa shape index (κ3) is 2.69. The van der Waals surface area contributed by atoms with Crippen molar-refractivity contribution >= 4 is 50.7 Å². The molecule has 0 atom stereocenters. The number of hydrogen-bond acceptors (Lipinski definition) is 2. The van der Waals surface area contributed by atoms with Crippen LogP contribution in [-0.2, 0) is 6.54 Å². The minimum absolute atomic E-state index is 0.273. The first-order valence-electron chi connectivity index (χ1n) is 7.00. The number of urea groups is 1. The van der Waals surface area contributed by atoms with Crippen LogP contribution in [0.3, 0.4) is 0 Å². The van der Waals surface area contributed by atoms with Crippen LogP contribution in [-0.4, -0.2) is 10.6 Å². The Morgan fingerprint density at radius 3 is 2.91 bits per heavy atom. The van der Waals surface area contributed by atoms with Crippen LogP contribution in [0.5, 0.6) is 0 Å². The number of nitrogens with one attached hydrogen (secondary N) is 2. The third-order valence-electron chi connectivity index (χ3n) is 3.60. The maximum Gasteiger partial charge on any atom is 0.324 e. The van der Waals surface area contributed by atoms with Crippen molar-refractivity contribution in [3.63, 3.8) is 0 Å². The third-order valence-corrected chi connectivity index (χ3v) is 4.86. The molecule has 4 nitrogen and oxygen atoms in total. The Morgan fingerprint density at radius 2 is 2.14 bits per heavy atom. The van der Waals surface area contributed by atoms with Crippen LogP contribution >= 0.6 is 22.9 Å². The number of aryl methyl sites for hydroxylation is 1. The van der Waals surface area contributed by atoms with E-state index in [1.807, 2.05) is 25.1 Å². The highest BCUT2D eigenvalue weighted by molar-refractivity contribution is 7.17. The quantitative estimate of drug-likeness (QED) is 0.668. The van der Waals surface area contributed by atoms with Gasteiger partial charge >= 0.3 is 6.03 Å². The van der Waals surface area contributed by atoms with E-state index < -0.39 is 0 Å². The van der Waals surface area contributed by atoms with Crippen molar-refractivity contribution in [2.75, 3.05) is 10.6 Å². The molecule has 2 aromatic heterocycles. The fourth-order valence-corrected chi connectivity index (χ4v) is 3.43. The van der Waals surface area contributed by atoms with E-state index in [0.29, 0.717) is 10.7 Å². The molecule has 0 aliphatic rings. The molecule has 3 rings (SSSR count). The molecule has 0 bridgehead atoms. The molecule has 1 aromatic carbocycles. The van der Waals surface area contributed by atoms with Crippen molar-refractivity contribution in [2.45, 2.75) is 20.4 Å². The second kappa shape index (κ2) is 6.02. The maximum absolute atomic E-state index is 12.2. The van der Waals surface area contributed by atoms with Crippen molar-refractivity contribution in [1.29, 1.82) is 0 Å². The molecule has 114 valence electrons. The van der Waals surface area contributed by atoms with Gasteiger partial charge in [-0.1, -0.05) is 17.7 Å². The zero-order valence-electron chi connectivity index (χ0n) is 12.3. The number of anilines is 2. The van der Waals surface area contributed by atoms with Gasteiger partial charge in [-0.2, -0.15) is 0 Å². The molecule has 0 fully saturated rings. The number of benzene rings is 1.